The fourth-order valence-corrected chi connectivity index (χ4v) is 3.37. The van der Waals surface area contributed by atoms with Crippen LogP contribution < -0.4 is 5.32 Å². The molecule has 0 bridgehead atoms. The fraction of sp³-hybridized carbons (Fsp3) is 0.571. The SMILES string of the molecule is CCNC(=NCc1nc(C(C)OCC)no1)N1CCOC(c2ccccc2C)C1. The van der Waals surface area contributed by atoms with Crippen LogP contribution in [0.4, 0.5) is 0 Å². The Labute approximate surface area is 172 Å². The molecule has 2 atom stereocenters. The van der Waals surface area contributed by atoms with E-state index in [-0.39, 0.29) is 12.2 Å². The van der Waals surface area contributed by atoms with E-state index in [2.05, 4.69) is 58.5 Å². The highest BCUT2D eigenvalue weighted by Gasteiger charge is 2.25. The number of guanidine groups is 1. The summed E-state index contributed by atoms with van der Waals surface area (Å²) in [5, 5.41) is 7.36. The number of hydrogen-bond acceptors (Lipinski definition) is 6. The molecular weight excluding hydrogens is 370 g/mol. The van der Waals surface area contributed by atoms with Crippen molar-refractivity contribution in [3.63, 3.8) is 0 Å². The standard InChI is InChI=1S/C21H31N5O3/c1-5-22-21(23-13-19-24-20(25-29-19)16(4)27-6-2)26-11-12-28-18(14-26)17-10-8-7-9-15(17)3/h7-10,16,18H,5-6,11-14H2,1-4H3,(H,22,23). The van der Waals surface area contributed by atoms with Gasteiger partial charge >= 0.3 is 0 Å². The van der Waals surface area contributed by atoms with Crippen LogP contribution in [0.3, 0.4) is 0 Å². The normalized spacial score (nSPS) is 18.7. The summed E-state index contributed by atoms with van der Waals surface area (Å²) in [6.07, 6.45) is -0.167. The average molecular weight is 402 g/mol. The summed E-state index contributed by atoms with van der Waals surface area (Å²) in [6, 6.07) is 8.36. The van der Waals surface area contributed by atoms with Gasteiger partial charge in [0.1, 0.15) is 18.8 Å². The molecule has 0 saturated carbocycles. The quantitative estimate of drug-likeness (QED) is 0.564. The van der Waals surface area contributed by atoms with Crippen molar-refractivity contribution in [3.05, 3.63) is 47.1 Å². The third kappa shape index (κ3) is 5.55. The van der Waals surface area contributed by atoms with E-state index in [0.29, 0.717) is 31.5 Å². The number of aryl methyl sites for hydroxylation is 1. The fourth-order valence-electron chi connectivity index (χ4n) is 3.37. The van der Waals surface area contributed by atoms with Crippen molar-refractivity contribution in [3.8, 4) is 0 Å². The molecule has 3 rings (SSSR count). The summed E-state index contributed by atoms with van der Waals surface area (Å²) >= 11 is 0. The zero-order valence-corrected chi connectivity index (χ0v) is 17.7. The third-order valence-electron chi connectivity index (χ3n) is 4.86. The number of ether oxygens (including phenoxy) is 2. The van der Waals surface area contributed by atoms with Crippen LogP contribution in [-0.2, 0) is 16.0 Å². The summed E-state index contributed by atoms with van der Waals surface area (Å²) < 4.78 is 16.9. The van der Waals surface area contributed by atoms with Gasteiger partial charge in [-0.05, 0) is 38.8 Å². The third-order valence-corrected chi connectivity index (χ3v) is 4.86. The maximum absolute atomic E-state index is 6.04. The number of rotatable bonds is 7. The van der Waals surface area contributed by atoms with Crippen LogP contribution in [0.2, 0.25) is 0 Å². The molecular formula is C21H31N5O3. The van der Waals surface area contributed by atoms with Gasteiger partial charge in [-0.1, -0.05) is 29.4 Å². The lowest BCUT2D eigenvalue weighted by molar-refractivity contribution is -0.00835. The Hall–Kier alpha value is -2.45. The van der Waals surface area contributed by atoms with Crippen LogP contribution in [0.5, 0.6) is 0 Å². The van der Waals surface area contributed by atoms with Gasteiger partial charge in [0, 0.05) is 19.7 Å². The Morgan fingerprint density at radius 1 is 1.38 bits per heavy atom. The first-order valence-electron chi connectivity index (χ1n) is 10.3. The van der Waals surface area contributed by atoms with Crippen molar-refractivity contribution >= 4 is 5.96 Å². The van der Waals surface area contributed by atoms with E-state index in [0.717, 1.165) is 25.6 Å². The van der Waals surface area contributed by atoms with Crippen LogP contribution in [0, 0.1) is 6.92 Å². The van der Waals surface area contributed by atoms with E-state index in [9.17, 15) is 0 Å². The Morgan fingerprint density at radius 3 is 2.97 bits per heavy atom. The number of nitrogens with zero attached hydrogens (tertiary/aromatic N) is 4. The van der Waals surface area contributed by atoms with E-state index in [1.807, 2.05) is 13.8 Å². The molecule has 8 heteroatoms. The van der Waals surface area contributed by atoms with Gasteiger partial charge in [0.2, 0.25) is 5.89 Å². The predicted octanol–water partition coefficient (Wildman–Crippen LogP) is 3.01. The second kappa shape index (κ2) is 10.4. The zero-order chi connectivity index (χ0) is 20.6. The van der Waals surface area contributed by atoms with Gasteiger partial charge in [0.25, 0.3) is 0 Å². The van der Waals surface area contributed by atoms with Gasteiger partial charge in [-0.15, -0.1) is 0 Å². The molecule has 2 unspecified atom stereocenters. The molecule has 1 saturated heterocycles. The van der Waals surface area contributed by atoms with Gasteiger partial charge in [-0.3, -0.25) is 0 Å². The molecule has 1 aromatic carbocycles. The molecule has 2 aromatic rings. The van der Waals surface area contributed by atoms with Gasteiger partial charge in [0.05, 0.1) is 13.2 Å². The van der Waals surface area contributed by atoms with Gasteiger partial charge in [0.15, 0.2) is 11.8 Å². The first-order valence-corrected chi connectivity index (χ1v) is 10.3. The molecule has 8 nitrogen and oxygen atoms in total. The molecule has 0 spiro atoms. The Balaban J connectivity index is 1.69. The largest absolute Gasteiger partial charge is 0.371 e. The van der Waals surface area contributed by atoms with Crippen LogP contribution >= 0.6 is 0 Å². The van der Waals surface area contributed by atoms with Crippen LogP contribution in [-0.4, -0.2) is 53.8 Å². The van der Waals surface area contributed by atoms with Crippen molar-refractivity contribution in [2.24, 2.45) is 4.99 Å². The van der Waals surface area contributed by atoms with E-state index in [4.69, 9.17) is 19.0 Å². The number of morpholine rings is 1. The number of aromatic nitrogens is 2. The van der Waals surface area contributed by atoms with Gasteiger partial charge in [-0.25, -0.2) is 4.99 Å². The minimum Gasteiger partial charge on any atom is -0.371 e. The minimum absolute atomic E-state index is 0.0239. The molecule has 0 amide bonds. The molecule has 158 valence electrons. The maximum atomic E-state index is 6.04. The Kier molecular flexibility index (Phi) is 7.60. The van der Waals surface area contributed by atoms with E-state index in [1.165, 1.54) is 11.1 Å². The predicted molar refractivity (Wildman–Crippen MR) is 111 cm³/mol. The Morgan fingerprint density at radius 2 is 2.21 bits per heavy atom. The first-order chi connectivity index (χ1) is 14.1. The number of hydrogen-bond donors (Lipinski definition) is 1. The lowest BCUT2D eigenvalue weighted by Gasteiger charge is -2.35. The minimum atomic E-state index is -0.191. The maximum Gasteiger partial charge on any atom is 0.248 e. The van der Waals surface area contributed by atoms with Crippen LogP contribution in [0.1, 0.15) is 55.8 Å². The van der Waals surface area contributed by atoms with Crippen LogP contribution in [0.25, 0.3) is 0 Å². The van der Waals surface area contributed by atoms with Crippen molar-refractivity contribution < 1.29 is 14.0 Å². The zero-order valence-electron chi connectivity index (χ0n) is 17.7. The van der Waals surface area contributed by atoms with Crippen molar-refractivity contribution in [2.45, 2.75) is 46.4 Å². The number of benzene rings is 1. The second-order valence-corrected chi connectivity index (χ2v) is 6.98. The highest BCUT2D eigenvalue weighted by atomic mass is 16.5. The molecule has 0 aliphatic carbocycles. The summed E-state index contributed by atoms with van der Waals surface area (Å²) in [5.74, 6) is 1.85. The van der Waals surface area contributed by atoms with Crippen molar-refractivity contribution in [2.75, 3.05) is 32.8 Å². The summed E-state index contributed by atoms with van der Waals surface area (Å²) in [6.45, 7) is 11.9. The highest BCUT2D eigenvalue weighted by molar-refractivity contribution is 5.80. The van der Waals surface area contributed by atoms with E-state index in [1.54, 1.807) is 0 Å². The molecule has 1 aliphatic rings. The molecule has 1 fully saturated rings. The van der Waals surface area contributed by atoms with Crippen molar-refractivity contribution in [1.82, 2.24) is 20.4 Å². The average Bonchev–Trinajstić information content (AvgIpc) is 3.21. The van der Waals surface area contributed by atoms with Crippen molar-refractivity contribution in [1.29, 1.82) is 0 Å². The molecule has 1 N–H and O–H groups in total. The number of aliphatic imine (C=N–C) groups is 1. The lowest BCUT2D eigenvalue weighted by Crippen LogP contribution is -2.48. The molecule has 2 heterocycles. The molecule has 1 aromatic heterocycles. The van der Waals surface area contributed by atoms with Crippen LogP contribution in [0.15, 0.2) is 33.8 Å². The topological polar surface area (TPSA) is 85.0 Å². The van der Waals surface area contributed by atoms with E-state index < -0.39 is 0 Å². The molecule has 29 heavy (non-hydrogen) atoms. The first kappa shape index (κ1) is 21.3. The monoisotopic (exact) mass is 401 g/mol. The summed E-state index contributed by atoms with van der Waals surface area (Å²) in [5.41, 5.74) is 2.46. The molecule has 1 aliphatic heterocycles. The smallest absolute Gasteiger partial charge is 0.248 e. The number of nitrogens with one attached hydrogen (secondary N) is 1. The Bertz CT molecular complexity index is 807. The molecule has 0 radical (unpaired) electrons. The summed E-state index contributed by atoms with van der Waals surface area (Å²) in [4.78, 5) is 11.3. The van der Waals surface area contributed by atoms with Gasteiger partial charge < -0.3 is 24.2 Å². The summed E-state index contributed by atoms with van der Waals surface area (Å²) in [7, 11) is 0. The lowest BCUT2D eigenvalue weighted by atomic mass is 10.0. The second-order valence-electron chi connectivity index (χ2n) is 6.98. The van der Waals surface area contributed by atoms with Gasteiger partial charge in [-0.2, -0.15) is 4.98 Å². The highest BCUT2D eigenvalue weighted by Crippen LogP contribution is 2.25. The van der Waals surface area contributed by atoms with E-state index >= 15 is 0 Å².